The third-order valence-corrected chi connectivity index (χ3v) is 6.18. The molecular formula is C24H28F4. The third kappa shape index (κ3) is 4.26. The van der Waals surface area contributed by atoms with Crippen molar-refractivity contribution in [2.45, 2.75) is 71.1 Å². The van der Waals surface area contributed by atoms with Gasteiger partial charge in [0.25, 0.3) is 0 Å². The van der Waals surface area contributed by atoms with E-state index in [-0.39, 0.29) is 22.6 Å². The second kappa shape index (κ2) is 9.11. The first kappa shape index (κ1) is 20.9. The number of aryl methyl sites for hydroxylation is 1. The summed E-state index contributed by atoms with van der Waals surface area (Å²) in [4.78, 5) is 0. The molecule has 1 aliphatic rings. The predicted molar refractivity (Wildman–Crippen MR) is 105 cm³/mol. The van der Waals surface area contributed by atoms with Crippen LogP contribution in [0, 0.1) is 36.1 Å². The summed E-state index contributed by atoms with van der Waals surface area (Å²) in [6, 6.07) is 5.60. The lowest BCUT2D eigenvalue weighted by atomic mass is 9.76. The number of benzene rings is 2. The van der Waals surface area contributed by atoms with E-state index in [4.69, 9.17) is 0 Å². The van der Waals surface area contributed by atoms with Crippen LogP contribution in [0.2, 0.25) is 0 Å². The molecule has 0 spiro atoms. The molecule has 0 nitrogen and oxygen atoms in total. The molecule has 0 aliphatic heterocycles. The van der Waals surface area contributed by atoms with Gasteiger partial charge in [-0.15, -0.1) is 0 Å². The zero-order valence-electron chi connectivity index (χ0n) is 16.6. The van der Waals surface area contributed by atoms with Crippen LogP contribution in [0.1, 0.15) is 75.3 Å². The Labute approximate surface area is 165 Å². The van der Waals surface area contributed by atoms with Crippen molar-refractivity contribution in [3.8, 4) is 11.1 Å². The first-order valence-corrected chi connectivity index (χ1v) is 10.4. The standard InChI is InChI=1S/C24H28F4/c1-3-4-5-6-16-8-10-17(11-9-16)18-13-14-20(24(28)22(18)26)19-12-7-15(2)21(25)23(19)27/h7,12-14,16-17H,3-6,8-11H2,1-2H3. The summed E-state index contributed by atoms with van der Waals surface area (Å²) in [5, 5.41) is 0. The maximum Gasteiger partial charge on any atom is 0.167 e. The normalized spacial score (nSPS) is 19.8. The minimum Gasteiger partial charge on any atom is -0.203 e. The van der Waals surface area contributed by atoms with Crippen LogP contribution < -0.4 is 0 Å². The molecule has 1 saturated carbocycles. The first-order chi connectivity index (χ1) is 13.4. The molecule has 0 radical (unpaired) electrons. The highest BCUT2D eigenvalue weighted by Gasteiger charge is 2.27. The maximum atomic E-state index is 14.8. The van der Waals surface area contributed by atoms with Crippen LogP contribution in [-0.4, -0.2) is 0 Å². The van der Waals surface area contributed by atoms with Gasteiger partial charge in [-0.1, -0.05) is 56.9 Å². The summed E-state index contributed by atoms with van der Waals surface area (Å²) >= 11 is 0. The molecule has 0 bridgehead atoms. The minimum absolute atomic E-state index is 0.00873. The van der Waals surface area contributed by atoms with Crippen molar-refractivity contribution < 1.29 is 17.6 Å². The van der Waals surface area contributed by atoms with Gasteiger partial charge in [0.1, 0.15) is 0 Å². The Hall–Kier alpha value is -1.84. The van der Waals surface area contributed by atoms with Crippen LogP contribution in [0.5, 0.6) is 0 Å². The van der Waals surface area contributed by atoms with Crippen molar-refractivity contribution in [2.24, 2.45) is 5.92 Å². The van der Waals surface area contributed by atoms with E-state index >= 15 is 0 Å². The molecule has 3 rings (SSSR count). The molecule has 0 saturated heterocycles. The van der Waals surface area contributed by atoms with Gasteiger partial charge in [-0.2, -0.15) is 0 Å². The van der Waals surface area contributed by atoms with Gasteiger partial charge in [-0.25, -0.2) is 17.6 Å². The quantitative estimate of drug-likeness (QED) is 0.344. The van der Waals surface area contributed by atoms with Gasteiger partial charge >= 0.3 is 0 Å². The van der Waals surface area contributed by atoms with Gasteiger partial charge in [0.2, 0.25) is 0 Å². The van der Waals surface area contributed by atoms with Gasteiger partial charge in [-0.3, -0.25) is 0 Å². The number of hydrogen-bond donors (Lipinski definition) is 0. The van der Waals surface area contributed by atoms with Crippen molar-refractivity contribution >= 4 is 0 Å². The van der Waals surface area contributed by atoms with Crippen molar-refractivity contribution in [2.75, 3.05) is 0 Å². The topological polar surface area (TPSA) is 0 Å². The van der Waals surface area contributed by atoms with E-state index in [1.165, 1.54) is 50.8 Å². The SMILES string of the molecule is CCCCCC1CCC(c2ccc(-c3ccc(C)c(F)c3F)c(F)c2F)CC1. The lowest BCUT2D eigenvalue weighted by molar-refractivity contribution is 0.298. The fourth-order valence-corrected chi connectivity index (χ4v) is 4.39. The molecule has 0 aromatic heterocycles. The number of rotatable bonds is 6. The molecule has 0 atom stereocenters. The Bertz CT molecular complexity index is 820. The fourth-order valence-electron chi connectivity index (χ4n) is 4.39. The monoisotopic (exact) mass is 392 g/mol. The van der Waals surface area contributed by atoms with Crippen LogP contribution in [-0.2, 0) is 0 Å². The molecule has 0 N–H and O–H groups in total. The molecule has 28 heavy (non-hydrogen) atoms. The summed E-state index contributed by atoms with van der Waals surface area (Å²) < 4.78 is 57.6. The highest BCUT2D eigenvalue weighted by Crippen LogP contribution is 2.40. The van der Waals surface area contributed by atoms with Crippen LogP contribution in [0.15, 0.2) is 24.3 Å². The molecule has 0 heterocycles. The number of unbranched alkanes of at least 4 members (excludes halogenated alkanes) is 2. The van der Waals surface area contributed by atoms with Crippen molar-refractivity contribution in [3.05, 3.63) is 58.7 Å². The van der Waals surface area contributed by atoms with Crippen molar-refractivity contribution in [1.82, 2.24) is 0 Å². The molecule has 2 aromatic rings. The molecule has 2 aromatic carbocycles. The predicted octanol–water partition coefficient (Wildman–Crippen LogP) is 8.07. The summed E-state index contributed by atoms with van der Waals surface area (Å²) in [7, 11) is 0. The van der Waals surface area contributed by atoms with E-state index < -0.39 is 23.3 Å². The molecule has 1 fully saturated rings. The van der Waals surface area contributed by atoms with E-state index in [1.54, 1.807) is 6.07 Å². The Morgan fingerprint density at radius 2 is 1.36 bits per heavy atom. The zero-order valence-corrected chi connectivity index (χ0v) is 16.6. The van der Waals surface area contributed by atoms with Gasteiger partial charge < -0.3 is 0 Å². The Morgan fingerprint density at radius 3 is 2.00 bits per heavy atom. The zero-order chi connectivity index (χ0) is 20.3. The summed E-state index contributed by atoms with van der Waals surface area (Å²) in [6.07, 6.45) is 8.68. The Morgan fingerprint density at radius 1 is 0.750 bits per heavy atom. The lowest BCUT2D eigenvalue weighted by Crippen LogP contribution is -2.15. The number of hydrogen-bond acceptors (Lipinski definition) is 0. The summed E-state index contributed by atoms with van der Waals surface area (Å²) in [6.45, 7) is 3.62. The highest BCUT2D eigenvalue weighted by molar-refractivity contribution is 5.66. The van der Waals surface area contributed by atoms with E-state index in [2.05, 4.69) is 6.92 Å². The van der Waals surface area contributed by atoms with E-state index in [0.717, 1.165) is 25.7 Å². The second-order valence-electron chi connectivity index (χ2n) is 8.10. The van der Waals surface area contributed by atoms with Crippen molar-refractivity contribution in [1.29, 1.82) is 0 Å². The summed E-state index contributed by atoms with van der Waals surface area (Å²) in [5.41, 5.74) is 0.0206. The fraction of sp³-hybridized carbons (Fsp3) is 0.500. The highest BCUT2D eigenvalue weighted by atomic mass is 19.2. The maximum absolute atomic E-state index is 14.8. The van der Waals surface area contributed by atoms with Gasteiger partial charge in [-0.05, 0) is 55.6 Å². The number of halogens is 4. The van der Waals surface area contributed by atoms with E-state index in [9.17, 15) is 17.6 Å². The largest absolute Gasteiger partial charge is 0.203 e. The van der Waals surface area contributed by atoms with Crippen LogP contribution in [0.3, 0.4) is 0 Å². The van der Waals surface area contributed by atoms with E-state index in [0.29, 0.717) is 11.5 Å². The van der Waals surface area contributed by atoms with Gasteiger partial charge in [0.05, 0.1) is 0 Å². The average molecular weight is 392 g/mol. The second-order valence-corrected chi connectivity index (χ2v) is 8.10. The van der Waals surface area contributed by atoms with Gasteiger partial charge in [0, 0.05) is 11.1 Å². The molecule has 152 valence electrons. The third-order valence-electron chi connectivity index (χ3n) is 6.18. The lowest BCUT2D eigenvalue weighted by Gasteiger charge is -2.29. The smallest absolute Gasteiger partial charge is 0.167 e. The minimum atomic E-state index is -1.14. The average Bonchev–Trinajstić information content (AvgIpc) is 2.70. The van der Waals surface area contributed by atoms with Crippen molar-refractivity contribution in [3.63, 3.8) is 0 Å². The van der Waals surface area contributed by atoms with Gasteiger partial charge in [0.15, 0.2) is 23.3 Å². The molecule has 1 aliphatic carbocycles. The molecule has 0 unspecified atom stereocenters. The Balaban J connectivity index is 1.78. The van der Waals surface area contributed by atoms with Crippen LogP contribution in [0.4, 0.5) is 17.6 Å². The molecule has 4 heteroatoms. The first-order valence-electron chi connectivity index (χ1n) is 10.4. The molecular weight excluding hydrogens is 364 g/mol. The van der Waals surface area contributed by atoms with E-state index in [1.807, 2.05) is 0 Å². The molecule has 0 amide bonds. The summed E-state index contributed by atoms with van der Waals surface area (Å²) in [5.74, 6) is -3.51. The Kier molecular flexibility index (Phi) is 6.79. The van der Waals surface area contributed by atoms with Crippen LogP contribution >= 0.6 is 0 Å². The van der Waals surface area contributed by atoms with Crippen LogP contribution in [0.25, 0.3) is 11.1 Å².